The van der Waals surface area contributed by atoms with Gasteiger partial charge in [-0.05, 0) is 38.0 Å². The summed E-state index contributed by atoms with van der Waals surface area (Å²) >= 11 is 0. The third-order valence-electron chi connectivity index (χ3n) is 6.16. The van der Waals surface area contributed by atoms with Crippen LogP contribution in [0.3, 0.4) is 0 Å². The minimum Gasteiger partial charge on any atom is -0.390 e. The second-order valence-electron chi connectivity index (χ2n) is 7.53. The van der Waals surface area contributed by atoms with Gasteiger partial charge in [-0.25, -0.2) is 0 Å². The Morgan fingerprint density at radius 2 is 1.45 bits per heavy atom. The van der Waals surface area contributed by atoms with Crippen molar-refractivity contribution in [3.05, 3.63) is 0 Å². The van der Waals surface area contributed by atoms with Crippen LogP contribution in [0.4, 0.5) is 0 Å². The summed E-state index contributed by atoms with van der Waals surface area (Å²) in [5.41, 5.74) is 0. The Balaban J connectivity index is 2.10. The first-order valence-electron chi connectivity index (χ1n) is 8.92. The maximum atomic E-state index is 10.2. The average molecular weight is 314 g/mol. The molecule has 1 N–H and O–H groups in total. The highest BCUT2D eigenvalue weighted by Crippen LogP contribution is 2.38. The molecule has 0 bridgehead atoms. The van der Waals surface area contributed by atoms with E-state index in [-0.39, 0.29) is 42.5 Å². The van der Waals surface area contributed by atoms with Crippen LogP contribution in [0, 0.1) is 23.7 Å². The predicted octanol–water partition coefficient (Wildman–Crippen LogP) is 3.22. The van der Waals surface area contributed by atoms with Crippen LogP contribution >= 0.6 is 0 Å². The molecule has 4 nitrogen and oxygen atoms in total. The van der Waals surface area contributed by atoms with Crippen LogP contribution < -0.4 is 0 Å². The molecule has 130 valence electrons. The Morgan fingerprint density at radius 3 is 2.05 bits per heavy atom. The Bertz CT molecular complexity index is 359. The molecule has 0 aliphatic carbocycles. The Hall–Kier alpha value is -0.160. The summed E-state index contributed by atoms with van der Waals surface area (Å²) in [5.74, 6) is 1.24. The quantitative estimate of drug-likeness (QED) is 0.869. The van der Waals surface area contributed by atoms with Gasteiger partial charge in [0.15, 0.2) is 6.29 Å². The van der Waals surface area contributed by atoms with Crippen molar-refractivity contribution in [3.63, 3.8) is 0 Å². The molecular formula is C18H34O4. The number of aliphatic hydroxyl groups excluding tert-OH is 1. The molecule has 0 radical (unpaired) electrons. The minimum atomic E-state index is -0.421. The maximum Gasteiger partial charge on any atom is 0.161 e. The fraction of sp³-hybridized carbons (Fsp3) is 1.00. The van der Waals surface area contributed by atoms with Gasteiger partial charge < -0.3 is 19.3 Å². The highest BCUT2D eigenvalue weighted by atomic mass is 16.7. The summed E-state index contributed by atoms with van der Waals surface area (Å²) < 4.78 is 18.5. The second kappa shape index (κ2) is 7.16. The molecule has 2 rings (SSSR count). The van der Waals surface area contributed by atoms with E-state index in [1.54, 1.807) is 0 Å². The first-order chi connectivity index (χ1) is 10.3. The fourth-order valence-corrected chi connectivity index (χ4v) is 3.80. The van der Waals surface area contributed by atoms with Gasteiger partial charge in [0.25, 0.3) is 0 Å². The van der Waals surface area contributed by atoms with Gasteiger partial charge in [0.05, 0.1) is 30.5 Å². The van der Waals surface area contributed by atoms with Gasteiger partial charge in [0, 0.05) is 5.92 Å². The highest BCUT2D eigenvalue weighted by molar-refractivity contribution is 4.89. The molecule has 5 unspecified atom stereocenters. The molecule has 0 aromatic carbocycles. The van der Waals surface area contributed by atoms with Crippen molar-refractivity contribution in [1.29, 1.82) is 0 Å². The molecule has 10 atom stereocenters. The summed E-state index contributed by atoms with van der Waals surface area (Å²) in [6.07, 6.45) is 0.514. The minimum absolute atomic E-state index is 0.0540. The Labute approximate surface area is 135 Å². The van der Waals surface area contributed by atoms with Crippen LogP contribution in [0.5, 0.6) is 0 Å². The van der Waals surface area contributed by atoms with Crippen molar-refractivity contribution in [1.82, 2.24) is 0 Å². The molecule has 0 spiro atoms. The monoisotopic (exact) mass is 314 g/mol. The number of rotatable bonds is 3. The van der Waals surface area contributed by atoms with E-state index < -0.39 is 6.10 Å². The predicted molar refractivity (Wildman–Crippen MR) is 86.5 cm³/mol. The molecular weight excluding hydrogens is 280 g/mol. The van der Waals surface area contributed by atoms with E-state index in [2.05, 4.69) is 41.5 Å². The molecule has 2 aliphatic heterocycles. The van der Waals surface area contributed by atoms with Crippen LogP contribution in [0.15, 0.2) is 0 Å². The van der Waals surface area contributed by atoms with Crippen molar-refractivity contribution in [2.75, 3.05) is 0 Å². The molecule has 2 heterocycles. The van der Waals surface area contributed by atoms with Crippen LogP contribution in [0.2, 0.25) is 0 Å². The molecule has 22 heavy (non-hydrogen) atoms. The van der Waals surface area contributed by atoms with Crippen LogP contribution in [-0.2, 0) is 14.2 Å². The normalized spacial score (nSPS) is 53.5. The van der Waals surface area contributed by atoms with Crippen molar-refractivity contribution in [2.45, 2.75) is 91.7 Å². The summed E-state index contributed by atoms with van der Waals surface area (Å²) in [6, 6.07) is 0. The SMILES string of the molecule is CCC1O[C@H](C)C(C)C(C)[C@@H]1O[C@@H]1OC(C)[C@@H](O)[C@@H](C)C1C. The van der Waals surface area contributed by atoms with E-state index in [1.165, 1.54) is 0 Å². The third-order valence-corrected chi connectivity index (χ3v) is 6.16. The van der Waals surface area contributed by atoms with Gasteiger partial charge in [0.2, 0.25) is 0 Å². The van der Waals surface area contributed by atoms with Gasteiger partial charge in [-0.3, -0.25) is 0 Å². The van der Waals surface area contributed by atoms with Crippen molar-refractivity contribution < 1.29 is 19.3 Å². The average Bonchev–Trinajstić information content (AvgIpc) is 2.50. The zero-order chi connectivity index (χ0) is 16.6. The molecule has 0 amide bonds. The van der Waals surface area contributed by atoms with Gasteiger partial charge in [-0.2, -0.15) is 0 Å². The van der Waals surface area contributed by atoms with Crippen LogP contribution in [0.25, 0.3) is 0 Å². The van der Waals surface area contributed by atoms with E-state index in [1.807, 2.05) is 6.92 Å². The molecule has 0 saturated carbocycles. The third kappa shape index (κ3) is 3.35. The maximum absolute atomic E-state index is 10.2. The van der Waals surface area contributed by atoms with Gasteiger partial charge in [-0.1, -0.05) is 34.6 Å². The lowest BCUT2D eigenvalue weighted by atomic mass is 9.80. The standard InChI is InChI=1S/C18H34O4/c1-8-15-17(11(4)9(2)13(6)20-15)22-18-12(5)10(3)16(19)14(7)21-18/h9-19H,8H2,1-7H3/t9?,10-,11?,12?,13+,14?,15?,16-,17-,18-/m0/s1. The fourth-order valence-electron chi connectivity index (χ4n) is 3.80. The number of ether oxygens (including phenoxy) is 3. The van der Waals surface area contributed by atoms with Crippen molar-refractivity contribution in [3.8, 4) is 0 Å². The lowest BCUT2D eigenvalue weighted by Gasteiger charge is -2.48. The summed E-state index contributed by atoms with van der Waals surface area (Å²) in [4.78, 5) is 0. The first kappa shape index (κ1) is 18.2. The Kier molecular flexibility index (Phi) is 5.92. The lowest BCUT2D eigenvalue weighted by Crippen LogP contribution is -2.55. The summed E-state index contributed by atoms with van der Waals surface area (Å²) in [7, 11) is 0. The van der Waals surface area contributed by atoms with E-state index >= 15 is 0 Å². The molecule has 4 heteroatoms. The van der Waals surface area contributed by atoms with Crippen molar-refractivity contribution >= 4 is 0 Å². The van der Waals surface area contributed by atoms with Crippen molar-refractivity contribution in [2.24, 2.45) is 23.7 Å². The largest absolute Gasteiger partial charge is 0.390 e. The zero-order valence-electron chi connectivity index (χ0n) is 15.2. The second-order valence-corrected chi connectivity index (χ2v) is 7.53. The summed E-state index contributed by atoms with van der Waals surface area (Å²) in [6.45, 7) is 14.9. The van der Waals surface area contributed by atoms with Gasteiger partial charge in [0.1, 0.15) is 0 Å². The first-order valence-corrected chi connectivity index (χ1v) is 8.92. The highest BCUT2D eigenvalue weighted by Gasteiger charge is 2.45. The number of hydrogen-bond acceptors (Lipinski definition) is 4. The van der Waals surface area contributed by atoms with Crippen LogP contribution in [0.1, 0.15) is 54.9 Å². The van der Waals surface area contributed by atoms with E-state index in [4.69, 9.17) is 14.2 Å². The number of aliphatic hydroxyl groups is 1. The van der Waals surface area contributed by atoms with E-state index in [0.717, 1.165) is 6.42 Å². The van der Waals surface area contributed by atoms with Gasteiger partial charge in [-0.15, -0.1) is 0 Å². The Morgan fingerprint density at radius 1 is 0.818 bits per heavy atom. The lowest BCUT2D eigenvalue weighted by molar-refractivity contribution is -0.304. The van der Waals surface area contributed by atoms with E-state index in [0.29, 0.717) is 11.8 Å². The zero-order valence-corrected chi connectivity index (χ0v) is 15.2. The van der Waals surface area contributed by atoms with Gasteiger partial charge >= 0.3 is 0 Å². The molecule has 0 aromatic rings. The molecule has 2 saturated heterocycles. The van der Waals surface area contributed by atoms with E-state index in [9.17, 15) is 5.11 Å². The smallest absolute Gasteiger partial charge is 0.161 e. The van der Waals surface area contributed by atoms with Crippen LogP contribution in [-0.4, -0.2) is 41.9 Å². The number of hydrogen-bond donors (Lipinski definition) is 1. The molecule has 0 aromatic heterocycles. The topological polar surface area (TPSA) is 47.9 Å². The molecule has 2 fully saturated rings. The summed E-state index contributed by atoms with van der Waals surface area (Å²) in [5, 5.41) is 10.2. The molecule has 2 aliphatic rings.